The van der Waals surface area contributed by atoms with Gasteiger partial charge in [-0.15, -0.1) is 0 Å². The Bertz CT molecular complexity index is 725. The van der Waals surface area contributed by atoms with Crippen LogP contribution in [0.5, 0.6) is 0 Å². The summed E-state index contributed by atoms with van der Waals surface area (Å²) in [6.45, 7) is 2.82. The van der Waals surface area contributed by atoms with E-state index in [2.05, 4.69) is 15.0 Å². The number of thiocarbonyl (C=S) groups is 1. The maximum absolute atomic E-state index is 12.1. The van der Waals surface area contributed by atoms with Crippen LogP contribution in [0.4, 0.5) is 0 Å². The molecule has 1 fully saturated rings. The molecule has 0 aliphatic heterocycles. The molecule has 0 spiro atoms. The Labute approximate surface area is 177 Å². The van der Waals surface area contributed by atoms with Crippen molar-refractivity contribution in [2.75, 3.05) is 13.6 Å². The maximum atomic E-state index is 12.1. The molecular weight excluding hydrogens is 386 g/mol. The van der Waals surface area contributed by atoms with Crippen molar-refractivity contribution in [1.82, 2.24) is 15.0 Å². The van der Waals surface area contributed by atoms with Crippen molar-refractivity contribution in [3.05, 3.63) is 60.4 Å². The summed E-state index contributed by atoms with van der Waals surface area (Å²) in [4.78, 5) is 5.67. The summed E-state index contributed by atoms with van der Waals surface area (Å²) in [5, 5.41) is 3.14. The van der Waals surface area contributed by atoms with Gasteiger partial charge < -0.3 is 5.32 Å². The summed E-state index contributed by atoms with van der Waals surface area (Å²) in [6.07, 6.45) is 9.58. The summed E-state index contributed by atoms with van der Waals surface area (Å²) in [5.74, 6) is 1.10. The Morgan fingerprint density at radius 3 is 2.43 bits per heavy atom. The third kappa shape index (κ3) is 7.78. The van der Waals surface area contributed by atoms with Crippen LogP contribution in [-0.2, 0) is 11.0 Å². The molecule has 1 aromatic heterocycles. The van der Waals surface area contributed by atoms with Crippen molar-refractivity contribution in [2.45, 2.75) is 43.9 Å². The second-order valence-corrected chi connectivity index (χ2v) is 8.79. The topological polar surface area (TPSA) is 54.0 Å². The van der Waals surface area contributed by atoms with Crippen molar-refractivity contribution in [3.8, 4) is 0 Å². The van der Waals surface area contributed by atoms with Crippen LogP contribution in [0.1, 0.15) is 37.7 Å². The second-order valence-electron chi connectivity index (χ2n) is 7.05. The molecule has 152 valence electrons. The highest BCUT2D eigenvalue weighted by Crippen LogP contribution is 2.32. The fourth-order valence-electron chi connectivity index (χ4n) is 3.47. The monoisotopic (exact) mass is 417 g/mol. The molecule has 2 aromatic rings. The zero-order valence-electron chi connectivity index (χ0n) is 16.8. The van der Waals surface area contributed by atoms with Crippen molar-refractivity contribution < 1.29 is 4.21 Å². The van der Waals surface area contributed by atoms with Crippen LogP contribution in [-0.4, -0.2) is 27.8 Å². The molecule has 28 heavy (non-hydrogen) atoms. The van der Waals surface area contributed by atoms with Gasteiger partial charge in [0.15, 0.2) is 0 Å². The van der Waals surface area contributed by atoms with Gasteiger partial charge in [0.2, 0.25) is 0 Å². The van der Waals surface area contributed by atoms with Crippen LogP contribution in [0.3, 0.4) is 0 Å². The van der Waals surface area contributed by atoms with E-state index in [4.69, 9.17) is 12.2 Å². The Balaban J connectivity index is 0.000000336. The first-order valence-corrected chi connectivity index (χ1v) is 11.5. The Morgan fingerprint density at radius 1 is 1.14 bits per heavy atom. The van der Waals surface area contributed by atoms with E-state index in [0.717, 1.165) is 22.8 Å². The number of nitrogens with one attached hydrogen (secondary N) is 2. The second kappa shape index (κ2) is 12.8. The minimum Gasteiger partial charge on any atom is -0.382 e. The van der Waals surface area contributed by atoms with Crippen molar-refractivity contribution in [3.63, 3.8) is 0 Å². The van der Waals surface area contributed by atoms with Crippen LogP contribution in [0.15, 0.2) is 59.8 Å². The number of nitrogens with zero attached hydrogens (tertiary/aromatic N) is 1. The van der Waals surface area contributed by atoms with Gasteiger partial charge in [0, 0.05) is 31.9 Å². The van der Waals surface area contributed by atoms with Gasteiger partial charge >= 0.3 is 0 Å². The molecule has 3 atom stereocenters. The molecule has 0 amide bonds. The number of hydrogen-bond acceptors (Lipinski definition) is 3. The smallest absolute Gasteiger partial charge is 0.124 e. The van der Waals surface area contributed by atoms with Gasteiger partial charge in [0.05, 0.1) is 9.88 Å². The van der Waals surface area contributed by atoms with Gasteiger partial charge in [-0.05, 0) is 61.9 Å². The number of pyridine rings is 1. The van der Waals surface area contributed by atoms with Crippen LogP contribution in [0.25, 0.3) is 0 Å². The number of rotatable bonds is 6. The lowest BCUT2D eigenvalue weighted by Gasteiger charge is -2.32. The summed E-state index contributed by atoms with van der Waals surface area (Å²) < 4.78 is 15.3. The van der Waals surface area contributed by atoms with E-state index in [-0.39, 0.29) is 0 Å². The highest BCUT2D eigenvalue weighted by molar-refractivity contribution is 7.83. The highest BCUT2D eigenvalue weighted by atomic mass is 32.2. The standard InChI is InChI=1S/C16H24N2OS2.C6H7N/c1-17-16(20)15-10-6-5-7-13(15)11-12-18-21(19)14-8-3-2-4-9-14;1-6-2-4-7-5-3-6/h2-4,8-9,13,15,18H,5-7,10-12H2,1H3,(H,17,20);2-5H,1H3/t13-,15?,21?;/m1./s1. The van der Waals surface area contributed by atoms with Gasteiger partial charge in [0.1, 0.15) is 11.0 Å². The predicted octanol–water partition coefficient (Wildman–Crippen LogP) is 4.43. The first kappa shape index (κ1) is 22.7. The van der Waals surface area contributed by atoms with Crippen LogP contribution in [0.2, 0.25) is 0 Å². The van der Waals surface area contributed by atoms with Gasteiger partial charge in [-0.25, -0.2) is 8.93 Å². The molecule has 3 rings (SSSR count). The van der Waals surface area contributed by atoms with Crippen molar-refractivity contribution >= 4 is 28.2 Å². The average molecular weight is 418 g/mol. The lowest BCUT2D eigenvalue weighted by atomic mass is 9.77. The third-order valence-corrected chi connectivity index (χ3v) is 6.72. The van der Waals surface area contributed by atoms with E-state index < -0.39 is 11.0 Å². The fraction of sp³-hybridized carbons (Fsp3) is 0.455. The number of benzene rings is 1. The normalized spacial score (nSPS) is 19.8. The summed E-state index contributed by atoms with van der Waals surface area (Å²) in [7, 11) is 0.803. The molecule has 6 heteroatoms. The minimum absolute atomic E-state index is 0.491. The number of aryl methyl sites for hydroxylation is 1. The summed E-state index contributed by atoms with van der Waals surface area (Å²) in [6, 6.07) is 13.5. The van der Waals surface area contributed by atoms with E-state index in [0.29, 0.717) is 11.8 Å². The lowest BCUT2D eigenvalue weighted by Crippen LogP contribution is -2.35. The largest absolute Gasteiger partial charge is 0.382 e. The fourth-order valence-corrected chi connectivity index (χ4v) is 4.66. The van der Waals surface area contributed by atoms with Crippen LogP contribution >= 0.6 is 12.2 Å². The predicted molar refractivity (Wildman–Crippen MR) is 122 cm³/mol. The SMILES string of the molecule is CNC(=S)C1CCCC[C@@H]1CCNS(=O)c1ccccc1.Cc1ccncc1. The molecule has 2 N–H and O–H groups in total. The lowest BCUT2D eigenvalue weighted by molar-refractivity contribution is 0.285. The third-order valence-electron chi connectivity index (χ3n) is 5.04. The van der Waals surface area contributed by atoms with E-state index in [9.17, 15) is 4.21 Å². The van der Waals surface area contributed by atoms with Gasteiger partial charge in [-0.3, -0.25) is 4.98 Å². The quantitative estimate of drug-likeness (QED) is 0.683. The van der Waals surface area contributed by atoms with E-state index >= 15 is 0 Å². The first-order valence-electron chi connectivity index (χ1n) is 9.90. The zero-order valence-corrected chi connectivity index (χ0v) is 18.4. The van der Waals surface area contributed by atoms with Crippen molar-refractivity contribution in [2.24, 2.45) is 11.8 Å². The molecule has 1 aliphatic carbocycles. The van der Waals surface area contributed by atoms with E-state index in [1.165, 1.54) is 31.2 Å². The van der Waals surface area contributed by atoms with E-state index in [1.807, 2.05) is 56.4 Å². The maximum Gasteiger partial charge on any atom is 0.124 e. The molecule has 2 unspecified atom stereocenters. The number of aromatic nitrogens is 1. The Morgan fingerprint density at radius 2 is 1.82 bits per heavy atom. The zero-order chi connectivity index (χ0) is 20.2. The number of hydrogen-bond donors (Lipinski definition) is 2. The van der Waals surface area contributed by atoms with Gasteiger partial charge in [-0.1, -0.05) is 43.3 Å². The van der Waals surface area contributed by atoms with Gasteiger partial charge in [0.25, 0.3) is 0 Å². The molecule has 0 saturated heterocycles. The molecular formula is C22H31N3OS2. The molecule has 0 bridgehead atoms. The molecule has 1 heterocycles. The van der Waals surface area contributed by atoms with Crippen LogP contribution < -0.4 is 10.0 Å². The molecule has 4 nitrogen and oxygen atoms in total. The van der Waals surface area contributed by atoms with E-state index in [1.54, 1.807) is 12.4 Å². The Kier molecular flexibility index (Phi) is 10.3. The highest BCUT2D eigenvalue weighted by Gasteiger charge is 2.27. The van der Waals surface area contributed by atoms with Crippen molar-refractivity contribution in [1.29, 1.82) is 0 Å². The first-order chi connectivity index (χ1) is 13.6. The van der Waals surface area contributed by atoms with Gasteiger partial charge in [-0.2, -0.15) is 0 Å². The molecule has 1 aromatic carbocycles. The summed E-state index contributed by atoms with van der Waals surface area (Å²) >= 11 is 5.44. The Hall–Kier alpha value is -1.63. The molecule has 0 radical (unpaired) electrons. The molecule has 1 saturated carbocycles. The minimum atomic E-state index is -1.11. The summed E-state index contributed by atoms with van der Waals surface area (Å²) in [5.41, 5.74) is 1.26. The average Bonchev–Trinajstić information content (AvgIpc) is 2.75. The van der Waals surface area contributed by atoms with Crippen LogP contribution in [0, 0.1) is 18.8 Å². The molecule has 1 aliphatic rings.